The quantitative estimate of drug-likeness (QED) is 0.740. The average Bonchev–Trinajstić information content (AvgIpc) is 3.13. The summed E-state index contributed by atoms with van der Waals surface area (Å²) in [5.74, 6) is -1.77. The summed E-state index contributed by atoms with van der Waals surface area (Å²) in [4.78, 5) is 24.6. The first-order chi connectivity index (χ1) is 13.2. The number of nitrogens with one attached hydrogen (secondary N) is 2. The lowest BCUT2D eigenvalue weighted by molar-refractivity contribution is -0.125. The smallest absolute Gasteiger partial charge is 0.273 e. The van der Waals surface area contributed by atoms with E-state index in [0.717, 1.165) is 5.56 Å². The highest BCUT2D eigenvalue weighted by Crippen LogP contribution is 2.18. The summed E-state index contributed by atoms with van der Waals surface area (Å²) in [6.45, 7) is 6.09. The third-order valence-corrected chi connectivity index (χ3v) is 6.73. The minimum absolute atomic E-state index is 0.00301. The fourth-order valence-corrected chi connectivity index (χ4v) is 5.07. The van der Waals surface area contributed by atoms with Gasteiger partial charge in [-0.1, -0.05) is 29.8 Å². The molecule has 2 aromatic rings. The van der Waals surface area contributed by atoms with Gasteiger partial charge in [0.15, 0.2) is 9.84 Å². The lowest BCUT2D eigenvalue weighted by Gasteiger charge is -2.11. The fourth-order valence-electron chi connectivity index (χ4n) is 3.33. The molecular weight excluding hydrogens is 380 g/mol. The molecule has 28 heavy (non-hydrogen) atoms. The molecule has 0 saturated carbocycles. The number of hydrazine groups is 1. The van der Waals surface area contributed by atoms with Crippen LogP contribution in [0.25, 0.3) is 0 Å². The largest absolute Gasteiger partial charge is 0.273 e. The normalized spacial score (nSPS) is 18.0. The highest BCUT2D eigenvalue weighted by molar-refractivity contribution is 7.91. The van der Waals surface area contributed by atoms with Crippen molar-refractivity contribution < 1.29 is 18.0 Å². The molecule has 2 heterocycles. The first-order valence-corrected chi connectivity index (χ1v) is 10.9. The third kappa shape index (κ3) is 4.41. The van der Waals surface area contributed by atoms with Crippen molar-refractivity contribution in [1.29, 1.82) is 0 Å². The van der Waals surface area contributed by atoms with Gasteiger partial charge in [-0.3, -0.25) is 25.1 Å². The van der Waals surface area contributed by atoms with Crippen LogP contribution in [0.3, 0.4) is 0 Å². The van der Waals surface area contributed by atoms with Crippen molar-refractivity contribution in [1.82, 2.24) is 20.6 Å². The first kappa shape index (κ1) is 20.1. The number of carbonyl (C=O) groups excluding carboxylic acids is 2. The summed E-state index contributed by atoms with van der Waals surface area (Å²) in [7, 11) is -3.16. The second-order valence-electron chi connectivity index (χ2n) is 7.23. The van der Waals surface area contributed by atoms with Gasteiger partial charge in [0.25, 0.3) is 5.91 Å². The Morgan fingerprint density at radius 1 is 1.14 bits per heavy atom. The van der Waals surface area contributed by atoms with Crippen LogP contribution in [0.15, 0.2) is 24.3 Å². The van der Waals surface area contributed by atoms with Crippen LogP contribution < -0.4 is 10.9 Å². The zero-order chi connectivity index (χ0) is 20.5. The Morgan fingerprint density at radius 2 is 1.82 bits per heavy atom. The molecule has 1 aliphatic rings. The molecular formula is C19H24N4O4S. The molecule has 1 aromatic heterocycles. The Balaban J connectivity index is 1.66. The van der Waals surface area contributed by atoms with Gasteiger partial charge in [0, 0.05) is 5.69 Å². The summed E-state index contributed by atoms with van der Waals surface area (Å²) in [6, 6.07) is 8.07. The summed E-state index contributed by atoms with van der Waals surface area (Å²) >= 11 is 0. The summed E-state index contributed by atoms with van der Waals surface area (Å²) in [6.07, 6.45) is 0.274. The molecule has 2 amide bonds. The molecule has 0 aliphatic carbocycles. The Kier molecular flexibility index (Phi) is 5.55. The van der Waals surface area contributed by atoms with E-state index in [-0.39, 0.29) is 17.9 Å². The van der Waals surface area contributed by atoms with Crippen LogP contribution in [0.1, 0.15) is 39.3 Å². The van der Waals surface area contributed by atoms with Crippen molar-refractivity contribution in [2.24, 2.45) is 5.92 Å². The van der Waals surface area contributed by atoms with Crippen LogP contribution >= 0.6 is 0 Å². The van der Waals surface area contributed by atoms with E-state index >= 15 is 0 Å². The number of carbonyl (C=O) groups is 2. The maximum absolute atomic E-state index is 12.5. The standard InChI is InChI=1S/C19H24N4O4S/c1-12-4-6-15(7-5-12)10-23-14(3)17(13(2)22-23)19(25)21-20-18(24)16-8-9-28(26,27)11-16/h4-7,16H,8-11H2,1-3H3,(H,20,24)(H,21,25)/t16-/m1/s1. The maximum atomic E-state index is 12.5. The molecule has 0 unspecified atom stereocenters. The summed E-state index contributed by atoms with van der Waals surface area (Å²) in [5.41, 5.74) is 8.60. The van der Waals surface area contributed by atoms with E-state index in [0.29, 0.717) is 23.5 Å². The number of aryl methyl sites for hydroxylation is 2. The predicted octanol–water partition coefficient (Wildman–Crippen LogP) is 1.05. The van der Waals surface area contributed by atoms with Gasteiger partial charge in [0.05, 0.1) is 35.2 Å². The van der Waals surface area contributed by atoms with Crippen LogP contribution in [-0.2, 0) is 21.2 Å². The Morgan fingerprint density at radius 3 is 2.43 bits per heavy atom. The van der Waals surface area contributed by atoms with Gasteiger partial charge in [0.1, 0.15) is 0 Å². The molecule has 0 bridgehead atoms. The molecule has 9 heteroatoms. The number of benzene rings is 1. The number of hydrogen-bond acceptors (Lipinski definition) is 5. The number of amides is 2. The molecule has 3 rings (SSSR count). The van der Waals surface area contributed by atoms with Gasteiger partial charge in [-0.05, 0) is 32.8 Å². The average molecular weight is 404 g/mol. The van der Waals surface area contributed by atoms with Crippen LogP contribution in [-0.4, -0.2) is 41.5 Å². The van der Waals surface area contributed by atoms with Gasteiger partial charge in [0.2, 0.25) is 5.91 Å². The number of sulfone groups is 1. The molecule has 1 fully saturated rings. The Hall–Kier alpha value is -2.68. The highest BCUT2D eigenvalue weighted by atomic mass is 32.2. The van der Waals surface area contributed by atoms with Crippen molar-refractivity contribution >= 4 is 21.7 Å². The second kappa shape index (κ2) is 7.75. The number of rotatable bonds is 4. The molecule has 150 valence electrons. The van der Waals surface area contributed by atoms with Crippen molar-refractivity contribution in [3.8, 4) is 0 Å². The number of aromatic nitrogens is 2. The molecule has 1 atom stereocenters. The van der Waals surface area contributed by atoms with Gasteiger partial charge in [-0.15, -0.1) is 0 Å². The predicted molar refractivity (Wildman–Crippen MR) is 104 cm³/mol. The van der Waals surface area contributed by atoms with Crippen LogP contribution in [0.2, 0.25) is 0 Å². The SMILES string of the molecule is Cc1ccc(Cn2nc(C)c(C(=O)NNC(=O)[C@@H]3CCS(=O)(=O)C3)c2C)cc1. The molecule has 0 spiro atoms. The third-order valence-electron chi connectivity index (χ3n) is 4.96. The first-order valence-electron chi connectivity index (χ1n) is 9.06. The minimum atomic E-state index is -3.16. The van der Waals surface area contributed by atoms with Gasteiger partial charge < -0.3 is 0 Å². The highest BCUT2D eigenvalue weighted by Gasteiger charge is 2.33. The van der Waals surface area contributed by atoms with E-state index in [1.54, 1.807) is 18.5 Å². The van der Waals surface area contributed by atoms with E-state index in [2.05, 4.69) is 16.0 Å². The zero-order valence-corrected chi connectivity index (χ0v) is 17.0. The lowest BCUT2D eigenvalue weighted by atomic mass is 10.1. The van der Waals surface area contributed by atoms with E-state index in [1.807, 2.05) is 31.2 Å². The lowest BCUT2D eigenvalue weighted by Crippen LogP contribution is -2.45. The minimum Gasteiger partial charge on any atom is -0.273 e. The molecule has 1 aliphatic heterocycles. The van der Waals surface area contributed by atoms with E-state index in [9.17, 15) is 18.0 Å². The van der Waals surface area contributed by atoms with Crippen LogP contribution in [0.5, 0.6) is 0 Å². The molecule has 0 radical (unpaired) electrons. The van der Waals surface area contributed by atoms with Crippen molar-refractivity contribution in [3.05, 3.63) is 52.3 Å². The number of nitrogens with zero attached hydrogens (tertiary/aromatic N) is 2. The van der Waals surface area contributed by atoms with Crippen molar-refractivity contribution in [3.63, 3.8) is 0 Å². The molecule has 1 aromatic carbocycles. The molecule has 1 saturated heterocycles. The number of hydrogen-bond donors (Lipinski definition) is 2. The Bertz CT molecular complexity index is 1010. The maximum Gasteiger partial charge on any atom is 0.273 e. The molecule has 2 N–H and O–H groups in total. The second-order valence-corrected chi connectivity index (χ2v) is 9.46. The van der Waals surface area contributed by atoms with Gasteiger partial charge in [-0.25, -0.2) is 8.42 Å². The van der Waals surface area contributed by atoms with Crippen LogP contribution in [0, 0.1) is 26.7 Å². The van der Waals surface area contributed by atoms with Gasteiger partial charge in [-0.2, -0.15) is 5.10 Å². The van der Waals surface area contributed by atoms with Gasteiger partial charge >= 0.3 is 0 Å². The summed E-state index contributed by atoms with van der Waals surface area (Å²) in [5, 5.41) is 4.44. The van der Waals surface area contributed by atoms with E-state index < -0.39 is 27.6 Å². The monoisotopic (exact) mass is 404 g/mol. The van der Waals surface area contributed by atoms with Crippen LogP contribution in [0.4, 0.5) is 0 Å². The van der Waals surface area contributed by atoms with Crippen molar-refractivity contribution in [2.45, 2.75) is 33.7 Å². The zero-order valence-electron chi connectivity index (χ0n) is 16.2. The molecule has 8 nitrogen and oxygen atoms in total. The topological polar surface area (TPSA) is 110 Å². The summed E-state index contributed by atoms with van der Waals surface area (Å²) < 4.78 is 24.7. The Labute approximate surface area is 164 Å². The van der Waals surface area contributed by atoms with Crippen molar-refractivity contribution in [2.75, 3.05) is 11.5 Å². The fraction of sp³-hybridized carbons (Fsp3) is 0.421. The van der Waals surface area contributed by atoms with E-state index in [4.69, 9.17) is 0 Å². The van der Waals surface area contributed by atoms with E-state index in [1.165, 1.54) is 5.56 Å².